The van der Waals surface area contributed by atoms with Crippen molar-refractivity contribution in [2.45, 2.75) is 17.6 Å². The number of nitrogens with one attached hydrogen (secondary N) is 1. The first-order valence-electron chi connectivity index (χ1n) is 8.75. The average molecular weight is 442 g/mol. The van der Waals surface area contributed by atoms with Gasteiger partial charge in [0.2, 0.25) is 15.9 Å². The number of rotatable bonds is 9. The van der Waals surface area contributed by atoms with Crippen LogP contribution in [0.25, 0.3) is 0 Å². The predicted molar refractivity (Wildman–Crippen MR) is 105 cm³/mol. The van der Waals surface area contributed by atoms with E-state index >= 15 is 0 Å². The number of hydrogen-bond acceptors (Lipinski definition) is 4. The fourth-order valence-corrected chi connectivity index (χ4v) is 3.57. The van der Waals surface area contributed by atoms with E-state index in [4.69, 9.17) is 4.74 Å². The third-order valence-electron chi connectivity index (χ3n) is 4.12. The van der Waals surface area contributed by atoms with Gasteiger partial charge < -0.3 is 9.64 Å². The zero-order valence-electron chi connectivity index (χ0n) is 16.1. The van der Waals surface area contributed by atoms with Crippen LogP contribution in [0.1, 0.15) is 11.1 Å². The van der Waals surface area contributed by atoms with Gasteiger partial charge in [0.1, 0.15) is 5.75 Å². The van der Waals surface area contributed by atoms with Gasteiger partial charge in [-0.15, -0.1) is 6.58 Å². The quantitative estimate of drug-likeness (QED) is 0.605. The molecular weight excluding hydrogens is 421 g/mol. The van der Waals surface area contributed by atoms with Gasteiger partial charge in [0, 0.05) is 13.1 Å². The first-order chi connectivity index (χ1) is 14.1. The van der Waals surface area contributed by atoms with E-state index in [1.54, 1.807) is 24.3 Å². The summed E-state index contributed by atoms with van der Waals surface area (Å²) in [7, 11) is -2.78. The molecule has 2 aromatic carbocycles. The molecule has 0 spiro atoms. The summed E-state index contributed by atoms with van der Waals surface area (Å²) in [5.41, 5.74) is -0.309. The largest absolute Gasteiger partial charge is 0.497 e. The van der Waals surface area contributed by atoms with Crippen molar-refractivity contribution >= 4 is 15.9 Å². The molecule has 1 amide bonds. The van der Waals surface area contributed by atoms with Gasteiger partial charge in [0.15, 0.2) is 0 Å². The molecule has 0 aliphatic carbocycles. The molecule has 0 unspecified atom stereocenters. The Balaban J connectivity index is 2.09. The van der Waals surface area contributed by atoms with E-state index in [0.717, 1.165) is 23.8 Å². The highest BCUT2D eigenvalue weighted by Gasteiger charge is 2.31. The van der Waals surface area contributed by atoms with Crippen LogP contribution in [-0.2, 0) is 27.5 Å². The maximum atomic E-state index is 12.8. The zero-order chi connectivity index (χ0) is 22.4. The van der Waals surface area contributed by atoms with Crippen LogP contribution in [0, 0.1) is 0 Å². The fraction of sp³-hybridized carbons (Fsp3) is 0.250. The molecule has 30 heavy (non-hydrogen) atoms. The molecule has 0 bridgehead atoms. The van der Waals surface area contributed by atoms with Crippen LogP contribution in [0.15, 0.2) is 66.1 Å². The van der Waals surface area contributed by atoms with Crippen molar-refractivity contribution in [2.24, 2.45) is 0 Å². The van der Waals surface area contributed by atoms with Crippen LogP contribution < -0.4 is 9.46 Å². The van der Waals surface area contributed by atoms with Gasteiger partial charge in [-0.25, -0.2) is 13.1 Å². The molecule has 10 heteroatoms. The maximum Gasteiger partial charge on any atom is 0.416 e. The second-order valence-electron chi connectivity index (χ2n) is 6.26. The monoisotopic (exact) mass is 442 g/mol. The molecule has 1 N–H and O–H groups in total. The van der Waals surface area contributed by atoms with E-state index in [1.807, 2.05) is 0 Å². The number of carbonyl (C=O) groups excluding carboxylic acids is 1. The van der Waals surface area contributed by atoms with Crippen molar-refractivity contribution in [3.8, 4) is 5.75 Å². The van der Waals surface area contributed by atoms with E-state index in [1.165, 1.54) is 18.1 Å². The highest BCUT2D eigenvalue weighted by molar-refractivity contribution is 7.89. The lowest BCUT2D eigenvalue weighted by Gasteiger charge is -2.21. The fourth-order valence-electron chi connectivity index (χ4n) is 2.55. The number of amides is 1. The standard InChI is InChI=1S/C20H21F3N2O4S/c1-3-11-25(14-15-7-9-17(29-2)10-8-15)19(26)13-24-30(27,28)18-6-4-5-16(12-18)20(21,22)23/h3-10,12,24H,1,11,13-14H2,2H3. The van der Waals surface area contributed by atoms with Crippen molar-refractivity contribution in [3.63, 3.8) is 0 Å². The Labute approximate surface area is 173 Å². The third-order valence-corrected chi connectivity index (χ3v) is 5.52. The summed E-state index contributed by atoms with van der Waals surface area (Å²) < 4.78 is 70.3. The van der Waals surface area contributed by atoms with E-state index in [-0.39, 0.29) is 13.1 Å². The molecular formula is C20H21F3N2O4S. The number of methoxy groups -OCH3 is 1. The van der Waals surface area contributed by atoms with Gasteiger partial charge >= 0.3 is 6.18 Å². The Hall–Kier alpha value is -2.85. The topological polar surface area (TPSA) is 75.7 Å². The third kappa shape index (κ3) is 6.33. The predicted octanol–water partition coefficient (Wildman–Crippen LogP) is 3.21. The molecule has 0 aliphatic heterocycles. The Kier molecular flexibility index (Phi) is 7.63. The summed E-state index contributed by atoms with van der Waals surface area (Å²) in [6.07, 6.45) is -3.19. The van der Waals surface area contributed by atoms with Crippen molar-refractivity contribution < 1.29 is 31.1 Å². The average Bonchev–Trinajstić information content (AvgIpc) is 2.72. The molecule has 2 aromatic rings. The molecule has 0 atom stereocenters. The number of alkyl halides is 3. The zero-order valence-corrected chi connectivity index (χ0v) is 17.0. The van der Waals surface area contributed by atoms with Crippen LogP contribution in [0.4, 0.5) is 13.2 Å². The lowest BCUT2D eigenvalue weighted by molar-refractivity contribution is -0.137. The summed E-state index contributed by atoms with van der Waals surface area (Å²) in [5.74, 6) is 0.0930. The minimum atomic E-state index is -4.68. The van der Waals surface area contributed by atoms with E-state index < -0.39 is 39.1 Å². The summed E-state index contributed by atoms with van der Waals surface area (Å²) in [6.45, 7) is 3.33. The Morgan fingerprint density at radius 3 is 2.43 bits per heavy atom. The second-order valence-corrected chi connectivity index (χ2v) is 8.03. The lowest BCUT2D eigenvalue weighted by Crippen LogP contribution is -2.40. The van der Waals surface area contributed by atoms with Crippen LogP contribution in [0.5, 0.6) is 5.75 Å². The van der Waals surface area contributed by atoms with Crippen LogP contribution in [0.2, 0.25) is 0 Å². The molecule has 0 radical (unpaired) electrons. The number of carbonyl (C=O) groups is 1. The van der Waals surface area contributed by atoms with Gasteiger partial charge in [-0.2, -0.15) is 13.2 Å². The molecule has 0 heterocycles. The van der Waals surface area contributed by atoms with Gasteiger partial charge in [-0.1, -0.05) is 24.3 Å². The normalized spacial score (nSPS) is 11.7. The van der Waals surface area contributed by atoms with Crippen LogP contribution in [-0.4, -0.2) is 39.4 Å². The summed E-state index contributed by atoms with van der Waals surface area (Å²) in [6, 6.07) is 10.3. The summed E-state index contributed by atoms with van der Waals surface area (Å²) >= 11 is 0. The van der Waals surface area contributed by atoms with Crippen molar-refractivity contribution in [2.75, 3.05) is 20.2 Å². The molecule has 6 nitrogen and oxygen atoms in total. The highest BCUT2D eigenvalue weighted by Crippen LogP contribution is 2.30. The maximum absolute atomic E-state index is 12.8. The van der Waals surface area contributed by atoms with Gasteiger partial charge in [0.25, 0.3) is 0 Å². The number of sulfonamides is 1. The van der Waals surface area contributed by atoms with E-state index in [0.29, 0.717) is 11.8 Å². The number of ether oxygens (including phenoxy) is 1. The number of halogens is 3. The molecule has 0 saturated heterocycles. The van der Waals surface area contributed by atoms with E-state index in [2.05, 4.69) is 11.3 Å². The van der Waals surface area contributed by atoms with E-state index in [9.17, 15) is 26.4 Å². The number of hydrogen-bond donors (Lipinski definition) is 1. The highest BCUT2D eigenvalue weighted by atomic mass is 32.2. The summed E-state index contributed by atoms with van der Waals surface area (Å²) in [5, 5.41) is 0. The van der Waals surface area contributed by atoms with Gasteiger partial charge in [-0.05, 0) is 35.9 Å². The Bertz CT molecular complexity index is 990. The molecule has 0 saturated carbocycles. The van der Waals surface area contributed by atoms with Crippen molar-refractivity contribution in [3.05, 3.63) is 72.3 Å². The first-order valence-corrected chi connectivity index (χ1v) is 10.2. The Morgan fingerprint density at radius 2 is 1.87 bits per heavy atom. The van der Waals surface area contributed by atoms with Gasteiger partial charge in [-0.3, -0.25) is 4.79 Å². The molecule has 2 rings (SSSR count). The van der Waals surface area contributed by atoms with Gasteiger partial charge in [0.05, 0.1) is 24.1 Å². The van der Waals surface area contributed by atoms with Crippen molar-refractivity contribution in [1.29, 1.82) is 0 Å². The number of benzene rings is 2. The summed E-state index contributed by atoms with van der Waals surface area (Å²) in [4.78, 5) is 13.3. The Morgan fingerprint density at radius 1 is 1.20 bits per heavy atom. The lowest BCUT2D eigenvalue weighted by atomic mass is 10.2. The molecule has 0 fully saturated rings. The second kappa shape index (κ2) is 9.77. The number of nitrogens with zero attached hydrogens (tertiary/aromatic N) is 1. The first kappa shape index (κ1) is 23.4. The molecule has 0 aromatic heterocycles. The van der Waals surface area contributed by atoms with Crippen molar-refractivity contribution in [1.82, 2.24) is 9.62 Å². The van der Waals surface area contributed by atoms with Crippen LogP contribution >= 0.6 is 0 Å². The molecule has 162 valence electrons. The molecule has 0 aliphatic rings. The minimum Gasteiger partial charge on any atom is -0.497 e. The van der Waals surface area contributed by atoms with Crippen LogP contribution in [0.3, 0.4) is 0 Å². The smallest absolute Gasteiger partial charge is 0.416 e. The SMILES string of the molecule is C=CCN(Cc1ccc(OC)cc1)C(=O)CNS(=O)(=O)c1cccc(C(F)(F)F)c1. The minimum absolute atomic E-state index is 0.163.